The summed E-state index contributed by atoms with van der Waals surface area (Å²) in [6, 6.07) is 17.6. The van der Waals surface area contributed by atoms with Gasteiger partial charge in [0.1, 0.15) is 0 Å². The van der Waals surface area contributed by atoms with E-state index in [1.807, 2.05) is 0 Å². The van der Waals surface area contributed by atoms with Gasteiger partial charge in [-0.25, -0.2) is 0 Å². The molecule has 0 radical (unpaired) electrons. The number of nitrogens with zero attached hydrogens (tertiary/aromatic N) is 2. The molecular formula is C53H56N2. The number of fused-ring (bicyclic) bond motifs is 8. The van der Waals surface area contributed by atoms with Gasteiger partial charge < -0.3 is 9.47 Å². The quantitative estimate of drug-likeness (QED) is 0.210. The molecule has 278 valence electrons. The molecule has 0 N–H and O–H groups in total. The molecule has 1 aromatic heterocycles. The smallest absolute Gasteiger partial charge is 0.0586 e. The van der Waals surface area contributed by atoms with Gasteiger partial charge in [0.05, 0.1) is 18.1 Å². The molecule has 5 unspecified atom stereocenters. The minimum Gasteiger partial charge on any atom is -0.357 e. The van der Waals surface area contributed by atoms with Crippen LogP contribution in [0.25, 0.3) is 23.3 Å². The molecule has 55 heavy (non-hydrogen) atoms. The molecule has 0 spiro atoms. The van der Waals surface area contributed by atoms with E-state index >= 15 is 0 Å². The molecule has 0 saturated heterocycles. The van der Waals surface area contributed by atoms with Crippen LogP contribution in [0.15, 0.2) is 127 Å². The summed E-state index contributed by atoms with van der Waals surface area (Å²) < 4.78 is 2.79. The number of rotatable bonds is 8. The molecular weight excluding hydrogens is 665 g/mol. The fourth-order valence-corrected chi connectivity index (χ4v) is 11.6. The fraction of sp³-hybridized carbons (Fsp3) is 0.358. The van der Waals surface area contributed by atoms with Crippen LogP contribution in [0.5, 0.6) is 0 Å². The van der Waals surface area contributed by atoms with Crippen molar-refractivity contribution in [3.05, 3.63) is 171 Å². The molecule has 0 bridgehead atoms. The molecule has 0 fully saturated rings. The third-order valence-electron chi connectivity index (χ3n) is 14.2. The van der Waals surface area contributed by atoms with Gasteiger partial charge in [-0.15, -0.1) is 0 Å². The number of allylic oxidation sites excluding steroid dienone is 12. The third kappa shape index (κ3) is 5.57. The van der Waals surface area contributed by atoms with Gasteiger partial charge in [0, 0.05) is 39.5 Å². The number of benzene rings is 2. The summed E-state index contributed by atoms with van der Waals surface area (Å²) in [5.41, 5.74) is 19.6. The van der Waals surface area contributed by atoms with Crippen molar-refractivity contribution >= 4 is 29.0 Å². The second kappa shape index (κ2) is 13.7. The van der Waals surface area contributed by atoms with E-state index in [1.165, 1.54) is 63.9 Å². The van der Waals surface area contributed by atoms with Crippen molar-refractivity contribution in [3.63, 3.8) is 0 Å². The Bertz CT molecular complexity index is 2300. The average Bonchev–Trinajstić information content (AvgIpc) is 3.82. The third-order valence-corrected chi connectivity index (χ3v) is 14.2. The molecule has 6 aliphatic carbocycles. The Morgan fingerprint density at radius 3 is 2.44 bits per heavy atom. The van der Waals surface area contributed by atoms with E-state index in [9.17, 15) is 0 Å². The minimum absolute atomic E-state index is 0.0184. The Morgan fingerprint density at radius 1 is 0.873 bits per heavy atom. The van der Waals surface area contributed by atoms with Gasteiger partial charge in [-0.3, -0.25) is 0 Å². The lowest BCUT2D eigenvalue weighted by Crippen LogP contribution is -2.41. The maximum Gasteiger partial charge on any atom is 0.0586 e. The highest BCUT2D eigenvalue weighted by Gasteiger charge is 2.41. The number of hydrogen-bond donors (Lipinski definition) is 0. The number of anilines is 1. The van der Waals surface area contributed by atoms with E-state index < -0.39 is 0 Å². The van der Waals surface area contributed by atoms with Crippen LogP contribution < -0.4 is 4.90 Å². The zero-order valence-corrected chi connectivity index (χ0v) is 33.3. The van der Waals surface area contributed by atoms with Crippen LogP contribution in [0.1, 0.15) is 129 Å². The van der Waals surface area contributed by atoms with Crippen LogP contribution >= 0.6 is 0 Å². The van der Waals surface area contributed by atoms with Crippen molar-refractivity contribution in [2.75, 3.05) is 4.90 Å². The van der Waals surface area contributed by atoms with E-state index in [2.05, 4.69) is 165 Å². The zero-order valence-electron chi connectivity index (χ0n) is 33.3. The topological polar surface area (TPSA) is 8.17 Å². The molecule has 2 heterocycles. The molecule has 2 heteroatoms. The van der Waals surface area contributed by atoms with Crippen LogP contribution in [-0.4, -0.2) is 16.7 Å². The maximum atomic E-state index is 2.79. The standard InChI is InChI=1S/C53H56N2/c1-5-16-39(54-49-23-11-7-19-43(49)44-20-8-12-24-50(44)54)31-35(6-2)37-27-29-41-42-30-28-38(34-48(42)53(3,4)47(41)33-37)36-17-15-18-40(32-36)55-51-25-13-9-21-45(51)46-22-10-14-26-52(46)55/h5,7-10,13-22,25-26,28,30,33-35,39-40,45,51H,6,11-12,23-24,27,29,31-32H2,1-4H3/b16-5-. The molecule has 1 aliphatic heterocycles. The van der Waals surface area contributed by atoms with Gasteiger partial charge in [0.2, 0.25) is 0 Å². The van der Waals surface area contributed by atoms with Gasteiger partial charge in [0.15, 0.2) is 0 Å². The lowest BCUT2D eigenvalue weighted by atomic mass is 9.75. The zero-order chi connectivity index (χ0) is 37.3. The van der Waals surface area contributed by atoms with Gasteiger partial charge in [-0.1, -0.05) is 142 Å². The van der Waals surface area contributed by atoms with Crippen LogP contribution in [0.2, 0.25) is 0 Å². The normalized spacial score (nSPS) is 24.9. The van der Waals surface area contributed by atoms with Crippen LogP contribution in [0, 0.1) is 5.92 Å². The first-order chi connectivity index (χ1) is 27.0. The summed E-state index contributed by atoms with van der Waals surface area (Å²) in [4.78, 5) is 2.69. The maximum absolute atomic E-state index is 2.79. The fourth-order valence-electron chi connectivity index (χ4n) is 11.6. The molecule has 0 amide bonds. The van der Waals surface area contributed by atoms with E-state index in [0.717, 1.165) is 38.5 Å². The van der Waals surface area contributed by atoms with Gasteiger partial charge in [-0.2, -0.15) is 0 Å². The van der Waals surface area contributed by atoms with Crippen molar-refractivity contribution in [3.8, 4) is 0 Å². The summed E-state index contributed by atoms with van der Waals surface area (Å²) in [7, 11) is 0. The van der Waals surface area contributed by atoms with Crippen molar-refractivity contribution < 1.29 is 0 Å². The Hall–Kier alpha value is -4.82. The van der Waals surface area contributed by atoms with E-state index in [1.54, 1.807) is 28.1 Å². The SMILES string of the molecule is C/C=C\C(CC(CC)C1=CC2=C(CC1)c1ccc(C3=CC=CC(N4c5ccccc5C5C=CC=CC54)C3)cc1C2(C)C)n1c2c(c3c1CCC=C3)C=CCC2. The number of para-hydroxylation sites is 1. The van der Waals surface area contributed by atoms with E-state index in [4.69, 9.17) is 0 Å². The summed E-state index contributed by atoms with van der Waals surface area (Å²) in [5.74, 6) is 0.999. The van der Waals surface area contributed by atoms with E-state index in [-0.39, 0.29) is 5.41 Å². The monoisotopic (exact) mass is 720 g/mol. The Morgan fingerprint density at radius 2 is 1.65 bits per heavy atom. The summed E-state index contributed by atoms with van der Waals surface area (Å²) >= 11 is 0. The molecule has 2 aromatic carbocycles. The molecule has 10 rings (SSSR count). The second-order valence-corrected chi connectivity index (χ2v) is 17.5. The van der Waals surface area contributed by atoms with Gasteiger partial charge >= 0.3 is 0 Å². The van der Waals surface area contributed by atoms with Gasteiger partial charge in [0.25, 0.3) is 0 Å². The number of aromatic nitrogens is 1. The lowest BCUT2D eigenvalue weighted by molar-refractivity contribution is 0.419. The number of hydrogen-bond acceptors (Lipinski definition) is 1. The largest absolute Gasteiger partial charge is 0.357 e. The van der Waals surface area contributed by atoms with Crippen molar-refractivity contribution in [2.24, 2.45) is 5.92 Å². The molecule has 5 atom stereocenters. The lowest BCUT2D eigenvalue weighted by Gasteiger charge is -2.36. The Balaban J connectivity index is 0.919. The average molecular weight is 721 g/mol. The first-order valence-corrected chi connectivity index (χ1v) is 21.4. The molecule has 0 saturated carbocycles. The molecule has 2 nitrogen and oxygen atoms in total. The van der Waals surface area contributed by atoms with Crippen LogP contribution in [0.3, 0.4) is 0 Å². The highest BCUT2D eigenvalue weighted by molar-refractivity contribution is 5.85. The summed E-state index contributed by atoms with van der Waals surface area (Å²) in [6.07, 6.45) is 43.8. The second-order valence-electron chi connectivity index (χ2n) is 17.5. The summed E-state index contributed by atoms with van der Waals surface area (Å²) in [6.45, 7) is 9.62. The van der Waals surface area contributed by atoms with E-state index in [0.29, 0.717) is 30.0 Å². The van der Waals surface area contributed by atoms with Crippen LogP contribution in [-0.2, 0) is 18.3 Å². The van der Waals surface area contributed by atoms with Crippen LogP contribution in [0.4, 0.5) is 5.69 Å². The minimum atomic E-state index is -0.0184. The van der Waals surface area contributed by atoms with Crippen molar-refractivity contribution in [2.45, 2.75) is 115 Å². The van der Waals surface area contributed by atoms with Crippen molar-refractivity contribution in [1.82, 2.24) is 4.57 Å². The Kier molecular flexibility index (Phi) is 8.65. The van der Waals surface area contributed by atoms with Gasteiger partial charge in [-0.05, 0) is 122 Å². The highest BCUT2D eigenvalue weighted by Crippen LogP contribution is 2.53. The predicted octanol–water partition coefficient (Wildman–Crippen LogP) is 13.2. The highest BCUT2D eigenvalue weighted by atomic mass is 15.2. The molecule has 3 aromatic rings. The Labute approximate surface area is 329 Å². The predicted molar refractivity (Wildman–Crippen MR) is 234 cm³/mol. The first-order valence-electron chi connectivity index (χ1n) is 21.4. The first kappa shape index (κ1) is 34.7. The summed E-state index contributed by atoms with van der Waals surface area (Å²) in [5, 5.41) is 0. The molecule has 7 aliphatic rings. The van der Waals surface area contributed by atoms with Crippen molar-refractivity contribution in [1.29, 1.82) is 0 Å².